The van der Waals surface area contributed by atoms with Crippen LogP contribution in [0.1, 0.15) is 28.9 Å². The molecule has 0 saturated carbocycles. The molecular weight excluding hydrogens is 479 g/mol. The Kier molecular flexibility index (Phi) is 8.08. The highest BCUT2D eigenvalue weighted by Crippen LogP contribution is 2.35. The van der Waals surface area contributed by atoms with Crippen molar-refractivity contribution in [2.45, 2.75) is 13.0 Å². The molecule has 0 radical (unpaired) electrons. The predicted molar refractivity (Wildman–Crippen MR) is 134 cm³/mol. The van der Waals surface area contributed by atoms with Crippen LogP contribution >= 0.6 is 0 Å². The molecule has 4 rings (SSSR count). The lowest BCUT2D eigenvalue weighted by molar-refractivity contribution is -0.139. The van der Waals surface area contributed by atoms with Crippen LogP contribution < -0.4 is 10.1 Å². The molecule has 1 N–H and O–H groups in total. The van der Waals surface area contributed by atoms with Gasteiger partial charge in [0, 0.05) is 56.6 Å². The lowest BCUT2D eigenvalue weighted by Gasteiger charge is -2.39. The molecule has 0 bridgehead atoms. The quantitative estimate of drug-likeness (QED) is 0.576. The van der Waals surface area contributed by atoms with Gasteiger partial charge in [-0.2, -0.15) is 0 Å². The van der Waals surface area contributed by atoms with E-state index in [2.05, 4.69) is 10.2 Å². The summed E-state index contributed by atoms with van der Waals surface area (Å²) in [6.45, 7) is 4.26. The summed E-state index contributed by atoms with van der Waals surface area (Å²) in [6, 6.07) is 11.7. The summed E-state index contributed by atoms with van der Waals surface area (Å²) in [5.41, 5.74) is 1.97. The molecule has 9 nitrogen and oxygen atoms in total. The summed E-state index contributed by atoms with van der Waals surface area (Å²) >= 11 is 0. The number of nitrogens with one attached hydrogen (secondary N) is 1. The molecule has 0 spiro atoms. The molecule has 1 fully saturated rings. The van der Waals surface area contributed by atoms with Crippen LogP contribution in [-0.2, 0) is 9.53 Å². The minimum atomic E-state index is -0.741. The van der Waals surface area contributed by atoms with Crippen LogP contribution in [0.3, 0.4) is 0 Å². The van der Waals surface area contributed by atoms with Gasteiger partial charge in [-0.1, -0.05) is 18.2 Å². The fourth-order valence-corrected chi connectivity index (χ4v) is 4.63. The van der Waals surface area contributed by atoms with E-state index in [1.165, 1.54) is 36.3 Å². The van der Waals surface area contributed by atoms with Crippen molar-refractivity contribution in [3.63, 3.8) is 0 Å². The number of urea groups is 1. The molecule has 3 amide bonds. The van der Waals surface area contributed by atoms with Crippen LogP contribution in [0.15, 0.2) is 59.8 Å². The number of nitrogens with zero attached hydrogens (tertiary/aromatic N) is 3. The van der Waals surface area contributed by atoms with E-state index in [0.29, 0.717) is 60.9 Å². The number of hydrogen-bond acceptors (Lipinski definition) is 6. The molecule has 10 heteroatoms. The van der Waals surface area contributed by atoms with Gasteiger partial charge in [-0.05, 0) is 37.3 Å². The molecule has 2 aliphatic heterocycles. The first-order chi connectivity index (χ1) is 17.8. The number of likely N-dealkylation sites (N-methyl/N-ethyl adjacent to an activating group) is 1. The second kappa shape index (κ2) is 11.4. The summed E-state index contributed by atoms with van der Waals surface area (Å²) in [4.78, 5) is 44.3. The lowest BCUT2D eigenvalue weighted by Crippen LogP contribution is -2.53. The average molecular weight is 511 g/mol. The van der Waals surface area contributed by atoms with Gasteiger partial charge in [0.2, 0.25) is 0 Å². The number of hydrogen-bond donors (Lipinski definition) is 1. The van der Waals surface area contributed by atoms with Gasteiger partial charge in [-0.3, -0.25) is 14.6 Å². The first kappa shape index (κ1) is 26.2. The molecule has 0 aliphatic carbocycles. The molecule has 0 aromatic heterocycles. The van der Waals surface area contributed by atoms with E-state index in [-0.39, 0.29) is 24.4 Å². The summed E-state index contributed by atoms with van der Waals surface area (Å²) in [5.74, 6) is -0.507. The summed E-state index contributed by atoms with van der Waals surface area (Å²) in [5, 5.41) is 2.91. The maximum atomic E-state index is 13.2. The van der Waals surface area contributed by atoms with Crippen LogP contribution in [0, 0.1) is 5.82 Å². The average Bonchev–Trinajstić information content (AvgIpc) is 2.91. The van der Waals surface area contributed by atoms with Gasteiger partial charge >= 0.3 is 12.0 Å². The topological polar surface area (TPSA) is 91.4 Å². The molecule has 1 atom stereocenters. The predicted octanol–water partition coefficient (Wildman–Crippen LogP) is 2.81. The number of esters is 1. The zero-order valence-corrected chi connectivity index (χ0v) is 21.2. The number of halogens is 1. The molecular formula is C27H31FN4O5. The molecule has 1 unspecified atom stereocenters. The van der Waals surface area contributed by atoms with E-state index in [9.17, 15) is 18.8 Å². The Labute approximate surface area is 215 Å². The van der Waals surface area contributed by atoms with Crippen LogP contribution in [0.4, 0.5) is 9.18 Å². The van der Waals surface area contributed by atoms with Crippen LogP contribution in [0.5, 0.6) is 5.75 Å². The van der Waals surface area contributed by atoms with E-state index in [0.717, 1.165) is 0 Å². The number of carbonyl (C=O) groups is 3. The summed E-state index contributed by atoms with van der Waals surface area (Å²) < 4.78 is 24.1. The Balaban J connectivity index is 1.58. The van der Waals surface area contributed by atoms with Crippen LogP contribution in [-0.4, -0.2) is 86.1 Å². The van der Waals surface area contributed by atoms with Crippen molar-refractivity contribution >= 4 is 17.9 Å². The molecule has 2 aliphatic rings. The van der Waals surface area contributed by atoms with E-state index in [1.807, 2.05) is 18.2 Å². The van der Waals surface area contributed by atoms with Crippen molar-refractivity contribution in [2.75, 3.05) is 53.5 Å². The third kappa shape index (κ3) is 5.59. The fourth-order valence-electron chi connectivity index (χ4n) is 4.63. The number of rotatable bonds is 7. The van der Waals surface area contributed by atoms with Crippen molar-refractivity contribution in [2.24, 2.45) is 0 Å². The van der Waals surface area contributed by atoms with Gasteiger partial charge < -0.3 is 19.7 Å². The Hall–Kier alpha value is -3.92. The molecule has 1 saturated heterocycles. The molecule has 2 aromatic rings. The fraction of sp³-hybridized carbons (Fsp3) is 0.370. The second-order valence-corrected chi connectivity index (χ2v) is 8.84. The highest BCUT2D eigenvalue weighted by atomic mass is 19.1. The number of benzene rings is 2. The standard InChI is InChI=1S/C27H31FN4O5/c1-4-37-26(34)23-21(30(2)27(35)29-24(23)20-7-5-6-8-22(20)36-3)17-31-13-15-32(16-14-31)25(33)18-9-11-19(28)12-10-18/h5-12,24H,4,13-17H2,1-3H3,(H,29,35). The van der Waals surface area contributed by atoms with E-state index in [4.69, 9.17) is 9.47 Å². The lowest BCUT2D eigenvalue weighted by atomic mass is 9.93. The Morgan fingerprint density at radius 1 is 1.05 bits per heavy atom. The molecule has 37 heavy (non-hydrogen) atoms. The second-order valence-electron chi connectivity index (χ2n) is 8.84. The van der Waals surface area contributed by atoms with Crippen molar-refractivity contribution in [1.29, 1.82) is 0 Å². The Bertz CT molecular complexity index is 1190. The smallest absolute Gasteiger partial charge is 0.338 e. The van der Waals surface area contributed by atoms with E-state index < -0.39 is 12.0 Å². The minimum Gasteiger partial charge on any atom is -0.496 e. The number of para-hydroxylation sites is 1. The SMILES string of the molecule is CCOC(=O)C1=C(CN2CCN(C(=O)c3ccc(F)cc3)CC2)N(C)C(=O)NC1c1ccccc1OC. The largest absolute Gasteiger partial charge is 0.496 e. The third-order valence-corrected chi connectivity index (χ3v) is 6.65. The number of ether oxygens (including phenoxy) is 2. The molecule has 196 valence electrons. The first-order valence-corrected chi connectivity index (χ1v) is 12.2. The number of amides is 3. The molecule has 2 aromatic carbocycles. The zero-order valence-electron chi connectivity index (χ0n) is 21.2. The molecule has 2 heterocycles. The van der Waals surface area contributed by atoms with Gasteiger partial charge in [0.1, 0.15) is 11.6 Å². The third-order valence-electron chi connectivity index (χ3n) is 6.65. The van der Waals surface area contributed by atoms with E-state index >= 15 is 0 Å². The van der Waals surface area contributed by atoms with E-state index in [1.54, 1.807) is 24.9 Å². The van der Waals surface area contributed by atoms with Gasteiger partial charge in [-0.25, -0.2) is 14.0 Å². The number of methoxy groups -OCH3 is 1. The summed E-state index contributed by atoms with van der Waals surface area (Å²) in [6.07, 6.45) is 0. The summed E-state index contributed by atoms with van der Waals surface area (Å²) in [7, 11) is 3.16. The Morgan fingerprint density at radius 3 is 2.38 bits per heavy atom. The van der Waals surface area contributed by atoms with Gasteiger partial charge in [0.15, 0.2) is 0 Å². The Morgan fingerprint density at radius 2 is 1.73 bits per heavy atom. The van der Waals surface area contributed by atoms with Gasteiger partial charge in [-0.15, -0.1) is 0 Å². The van der Waals surface area contributed by atoms with Crippen molar-refractivity contribution in [3.8, 4) is 5.75 Å². The van der Waals surface area contributed by atoms with Gasteiger partial charge in [0.05, 0.1) is 25.3 Å². The maximum absolute atomic E-state index is 13.2. The highest BCUT2D eigenvalue weighted by Gasteiger charge is 2.38. The van der Waals surface area contributed by atoms with Crippen molar-refractivity contribution in [1.82, 2.24) is 20.0 Å². The number of carbonyl (C=O) groups excluding carboxylic acids is 3. The highest BCUT2D eigenvalue weighted by molar-refractivity contribution is 5.95. The minimum absolute atomic E-state index is 0.156. The van der Waals surface area contributed by atoms with Crippen molar-refractivity contribution in [3.05, 3.63) is 76.7 Å². The van der Waals surface area contributed by atoms with Crippen LogP contribution in [0.25, 0.3) is 0 Å². The van der Waals surface area contributed by atoms with Crippen molar-refractivity contribution < 1.29 is 28.2 Å². The maximum Gasteiger partial charge on any atom is 0.338 e. The van der Waals surface area contributed by atoms with Gasteiger partial charge in [0.25, 0.3) is 5.91 Å². The monoisotopic (exact) mass is 510 g/mol. The number of piperazine rings is 1. The normalized spacial score (nSPS) is 18.5. The first-order valence-electron chi connectivity index (χ1n) is 12.2. The zero-order chi connectivity index (χ0) is 26.5. The van der Waals surface area contributed by atoms with Crippen LogP contribution in [0.2, 0.25) is 0 Å².